The van der Waals surface area contributed by atoms with Crippen molar-refractivity contribution in [2.75, 3.05) is 38.2 Å². The molecule has 4 rings (SSSR count). The number of nitrogens with zero attached hydrogens (tertiary/aromatic N) is 6. The van der Waals surface area contributed by atoms with Gasteiger partial charge in [-0.05, 0) is 17.3 Å². The monoisotopic (exact) mass is 378 g/mol. The highest BCUT2D eigenvalue weighted by atomic mass is 16.5. The van der Waals surface area contributed by atoms with E-state index in [9.17, 15) is 4.79 Å². The zero-order valence-electron chi connectivity index (χ0n) is 15.7. The van der Waals surface area contributed by atoms with E-state index in [0.717, 1.165) is 30.1 Å². The number of piperazine rings is 1. The highest BCUT2D eigenvalue weighted by Gasteiger charge is 2.22. The third kappa shape index (κ3) is 3.95. The van der Waals surface area contributed by atoms with Crippen LogP contribution < -0.4 is 9.64 Å². The number of methoxy groups -OCH3 is 1. The van der Waals surface area contributed by atoms with Crippen molar-refractivity contribution >= 4 is 11.6 Å². The van der Waals surface area contributed by atoms with Crippen LogP contribution in [0.15, 0.2) is 54.6 Å². The molecule has 28 heavy (non-hydrogen) atoms. The SMILES string of the molecule is COc1cccc(N2CCN(C(=O)Cn3nnc(-c4ccccc4)n3)CC2)c1. The van der Waals surface area contributed by atoms with Crippen molar-refractivity contribution in [3.05, 3.63) is 54.6 Å². The summed E-state index contributed by atoms with van der Waals surface area (Å²) in [4.78, 5) is 18.1. The molecule has 2 heterocycles. The third-order valence-corrected chi connectivity index (χ3v) is 4.81. The Morgan fingerprint density at radius 1 is 1.04 bits per heavy atom. The van der Waals surface area contributed by atoms with Crippen molar-refractivity contribution in [2.24, 2.45) is 0 Å². The maximum absolute atomic E-state index is 12.6. The number of aromatic nitrogens is 4. The maximum atomic E-state index is 12.6. The summed E-state index contributed by atoms with van der Waals surface area (Å²) in [5.74, 6) is 1.36. The van der Waals surface area contributed by atoms with Crippen LogP contribution in [0.1, 0.15) is 0 Å². The second-order valence-electron chi connectivity index (χ2n) is 6.58. The number of carbonyl (C=O) groups excluding carboxylic acids is 1. The number of hydrogen-bond donors (Lipinski definition) is 0. The van der Waals surface area contributed by atoms with Crippen LogP contribution in [0.5, 0.6) is 5.75 Å². The van der Waals surface area contributed by atoms with Gasteiger partial charge >= 0.3 is 0 Å². The van der Waals surface area contributed by atoms with Crippen molar-refractivity contribution in [1.29, 1.82) is 0 Å². The van der Waals surface area contributed by atoms with E-state index in [1.165, 1.54) is 4.80 Å². The molecule has 2 aromatic carbocycles. The molecule has 1 aliphatic rings. The van der Waals surface area contributed by atoms with E-state index >= 15 is 0 Å². The summed E-state index contributed by atoms with van der Waals surface area (Å²) in [5, 5.41) is 12.4. The van der Waals surface area contributed by atoms with Crippen LogP contribution in [0.2, 0.25) is 0 Å². The van der Waals surface area contributed by atoms with E-state index in [4.69, 9.17) is 4.74 Å². The summed E-state index contributed by atoms with van der Waals surface area (Å²) < 4.78 is 5.29. The molecule has 0 radical (unpaired) electrons. The quantitative estimate of drug-likeness (QED) is 0.673. The van der Waals surface area contributed by atoms with Gasteiger partial charge in [0.25, 0.3) is 0 Å². The molecule has 1 saturated heterocycles. The highest BCUT2D eigenvalue weighted by Crippen LogP contribution is 2.22. The van der Waals surface area contributed by atoms with Gasteiger partial charge in [0.15, 0.2) is 0 Å². The van der Waals surface area contributed by atoms with Gasteiger partial charge in [0.1, 0.15) is 12.3 Å². The maximum Gasteiger partial charge on any atom is 0.246 e. The first-order valence-electron chi connectivity index (χ1n) is 9.23. The molecule has 0 aliphatic carbocycles. The Balaban J connectivity index is 1.34. The number of anilines is 1. The largest absolute Gasteiger partial charge is 0.497 e. The fourth-order valence-electron chi connectivity index (χ4n) is 3.26. The summed E-state index contributed by atoms with van der Waals surface area (Å²) >= 11 is 0. The van der Waals surface area contributed by atoms with Gasteiger partial charge in [0.05, 0.1) is 7.11 Å². The molecule has 3 aromatic rings. The Labute approximate surface area is 163 Å². The molecule has 1 aromatic heterocycles. The van der Waals surface area contributed by atoms with Crippen molar-refractivity contribution in [3.8, 4) is 17.1 Å². The topological polar surface area (TPSA) is 76.4 Å². The molecule has 8 heteroatoms. The van der Waals surface area contributed by atoms with Crippen molar-refractivity contribution in [2.45, 2.75) is 6.54 Å². The molecule has 8 nitrogen and oxygen atoms in total. The Morgan fingerprint density at radius 3 is 2.57 bits per heavy atom. The molecule has 0 unspecified atom stereocenters. The van der Waals surface area contributed by atoms with Crippen LogP contribution in [-0.2, 0) is 11.3 Å². The third-order valence-electron chi connectivity index (χ3n) is 4.81. The fraction of sp³-hybridized carbons (Fsp3) is 0.300. The summed E-state index contributed by atoms with van der Waals surface area (Å²) in [5.41, 5.74) is 1.99. The van der Waals surface area contributed by atoms with Crippen LogP contribution in [0.4, 0.5) is 5.69 Å². The van der Waals surface area contributed by atoms with Gasteiger partial charge in [-0.2, -0.15) is 4.80 Å². The molecule has 0 spiro atoms. The average Bonchev–Trinajstić information content (AvgIpc) is 3.23. The first-order valence-corrected chi connectivity index (χ1v) is 9.23. The van der Waals surface area contributed by atoms with Gasteiger partial charge in [0, 0.05) is 43.5 Å². The van der Waals surface area contributed by atoms with E-state index in [1.54, 1.807) is 7.11 Å². The standard InChI is InChI=1S/C20H22N6O2/c1-28-18-9-5-8-17(14-18)24-10-12-25(13-11-24)19(27)15-26-22-20(21-23-26)16-6-3-2-4-7-16/h2-9,14H,10-13,15H2,1H3. The highest BCUT2D eigenvalue weighted by molar-refractivity contribution is 5.76. The van der Waals surface area contributed by atoms with E-state index in [-0.39, 0.29) is 12.5 Å². The summed E-state index contributed by atoms with van der Waals surface area (Å²) in [6, 6.07) is 17.6. The van der Waals surface area contributed by atoms with E-state index in [0.29, 0.717) is 18.9 Å². The summed E-state index contributed by atoms with van der Waals surface area (Å²) in [7, 11) is 1.66. The van der Waals surface area contributed by atoms with Crippen LogP contribution in [0, 0.1) is 0 Å². The zero-order chi connectivity index (χ0) is 19.3. The van der Waals surface area contributed by atoms with Crippen molar-refractivity contribution in [3.63, 3.8) is 0 Å². The van der Waals surface area contributed by atoms with Gasteiger partial charge in [0.2, 0.25) is 11.7 Å². The Morgan fingerprint density at radius 2 is 1.82 bits per heavy atom. The van der Waals surface area contributed by atoms with Gasteiger partial charge in [-0.1, -0.05) is 36.4 Å². The molecule has 1 amide bonds. The molecular formula is C20H22N6O2. The lowest BCUT2D eigenvalue weighted by Gasteiger charge is -2.36. The van der Waals surface area contributed by atoms with Crippen molar-refractivity contribution < 1.29 is 9.53 Å². The molecule has 0 atom stereocenters. The van der Waals surface area contributed by atoms with Crippen molar-refractivity contribution in [1.82, 2.24) is 25.1 Å². The van der Waals surface area contributed by atoms with E-state index in [2.05, 4.69) is 26.4 Å². The summed E-state index contributed by atoms with van der Waals surface area (Å²) in [6.45, 7) is 2.98. The van der Waals surface area contributed by atoms with Gasteiger partial charge in [-0.3, -0.25) is 4.79 Å². The number of ether oxygens (including phenoxy) is 1. The normalized spacial score (nSPS) is 14.2. The lowest BCUT2D eigenvalue weighted by Crippen LogP contribution is -2.49. The van der Waals surface area contributed by atoms with Crippen LogP contribution in [0.3, 0.4) is 0 Å². The number of carbonyl (C=O) groups is 1. The summed E-state index contributed by atoms with van der Waals surface area (Å²) in [6.07, 6.45) is 0. The first-order chi connectivity index (χ1) is 13.7. The Hall–Kier alpha value is -3.42. The second kappa shape index (κ2) is 8.08. The predicted octanol–water partition coefficient (Wildman–Crippen LogP) is 1.70. The van der Waals surface area contributed by atoms with Gasteiger partial charge in [-0.25, -0.2) is 0 Å². The van der Waals surface area contributed by atoms with E-state index < -0.39 is 0 Å². The molecule has 144 valence electrons. The number of benzene rings is 2. The smallest absolute Gasteiger partial charge is 0.246 e. The minimum atomic E-state index is 0.00213. The first kappa shape index (κ1) is 18.0. The molecule has 1 fully saturated rings. The lowest BCUT2D eigenvalue weighted by molar-refractivity contribution is -0.132. The van der Waals surface area contributed by atoms with E-state index in [1.807, 2.05) is 53.4 Å². The average molecular weight is 378 g/mol. The molecule has 0 bridgehead atoms. The fourth-order valence-corrected chi connectivity index (χ4v) is 3.26. The van der Waals surface area contributed by atoms with Crippen LogP contribution in [0.25, 0.3) is 11.4 Å². The zero-order valence-corrected chi connectivity index (χ0v) is 15.7. The number of tetrazole rings is 1. The van der Waals surface area contributed by atoms with Crippen LogP contribution in [-0.4, -0.2) is 64.3 Å². The number of hydrogen-bond acceptors (Lipinski definition) is 6. The lowest BCUT2D eigenvalue weighted by atomic mass is 10.2. The van der Waals surface area contributed by atoms with Gasteiger partial charge in [-0.15, -0.1) is 10.2 Å². The molecular weight excluding hydrogens is 356 g/mol. The molecule has 0 saturated carbocycles. The van der Waals surface area contributed by atoms with Crippen LogP contribution >= 0.6 is 0 Å². The Bertz CT molecular complexity index is 935. The Kier molecular flexibility index (Phi) is 5.18. The second-order valence-corrected chi connectivity index (χ2v) is 6.58. The number of rotatable bonds is 5. The van der Waals surface area contributed by atoms with Gasteiger partial charge < -0.3 is 14.5 Å². The molecule has 0 N–H and O–H groups in total. The molecule has 1 aliphatic heterocycles. The predicted molar refractivity (Wildman–Crippen MR) is 105 cm³/mol. The minimum Gasteiger partial charge on any atom is -0.497 e. The number of amides is 1. The minimum absolute atomic E-state index is 0.00213.